The second-order valence-electron chi connectivity index (χ2n) is 4.96. The van der Waals surface area contributed by atoms with Gasteiger partial charge in [-0.1, -0.05) is 0 Å². The third-order valence-corrected chi connectivity index (χ3v) is 3.10. The molecular formula is C16H13F2N3O3. The lowest BCUT2D eigenvalue weighted by Gasteiger charge is -2.05. The zero-order valence-corrected chi connectivity index (χ0v) is 12.6. The van der Waals surface area contributed by atoms with E-state index >= 15 is 0 Å². The topological polar surface area (TPSA) is 69.3 Å². The Morgan fingerprint density at radius 1 is 1.29 bits per heavy atom. The van der Waals surface area contributed by atoms with Gasteiger partial charge in [-0.3, -0.25) is 9.48 Å². The van der Waals surface area contributed by atoms with Gasteiger partial charge in [0.15, 0.2) is 23.1 Å². The standard InChI is InChI=1S/C16H13F2N3O3/c1-21-7-6-15(20-21)19-16(22)14-5-3-11(24-14)9-23-13-4-2-10(17)8-12(13)18/h2-8H,9H2,1H3,(H,19,20,22). The van der Waals surface area contributed by atoms with Gasteiger partial charge in [0.25, 0.3) is 5.91 Å². The van der Waals surface area contributed by atoms with Crippen LogP contribution in [-0.4, -0.2) is 15.7 Å². The van der Waals surface area contributed by atoms with E-state index in [0.29, 0.717) is 11.6 Å². The third kappa shape index (κ3) is 3.60. The van der Waals surface area contributed by atoms with Crippen LogP contribution in [0.3, 0.4) is 0 Å². The van der Waals surface area contributed by atoms with Crippen molar-refractivity contribution in [3.8, 4) is 5.75 Å². The van der Waals surface area contributed by atoms with Crippen LogP contribution in [-0.2, 0) is 13.7 Å². The van der Waals surface area contributed by atoms with Crippen LogP contribution >= 0.6 is 0 Å². The van der Waals surface area contributed by atoms with E-state index in [1.807, 2.05) is 0 Å². The summed E-state index contributed by atoms with van der Waals surface area (Å²) in [5, 5.41) is 6.60. The number of carbonyl (C=O) groups excluding carboxylic acids is 1. The van der Waals surface area contributed by atoms with Crippen molar-refractivity contribution in [2.45, 2.75) is 6.61 Å². The molecule has 3 aromatic rings. The lowest BCUT2D eigenvalue weighted by Crippen LogP contribution is -2.11. The highest BCUT2D eigenvalue weighted by molar-refractivity contribution is 6.01. The van der Waals surface area contributed by atoms with Crippen LogP contribution in [0.4, 0.5) is 14.6 Å². The maximum atomic E-state index is 13.5. The van der Waals surface area contributed by atoms with E-state index in [1.165, 1.54) is 18.2 Å². The minimum absolute atomic E-state index is 0.0684. The average Bonchev–Trinajstić information content (AvgIpc) is 3.15. The SMILES string of the molecule is Cn1ccc(NC(=O)c2ccc(COc3ccc(F)cc3F)o2)n1. The first kappa shape index (κ1) is 15.7. The molecule has 2 heterocycles. The number of halogens is 2. The zero-order chi connectivity index (χ0) is 17.1. The molecule has 1 amide bonds. The van der Waals surface area contributed by atoms with Crippen molar-refractivity contribution in [3.05, 3.63) is 65.7 Å². The lowest BCUT2D eigenvalue weighted by atomic mass is 10.3. The predicted octanol–water partition coefficient (Wildman–Crippen LogP) is 3.12. The Morgan fingerprint density at radius 3 is 2.83 bits per heavy atom. The van der Waals surface area contributed by atoms with Crippen LogP contribution in [0.5, 0.6) is 5.75 Å². The number of carbonyl (C=O) groups is 1. The molecule has 0 atom stereocenters. The van der Waals surface area contributed by atoms with Crippen LogP contribution in [0.15, 0.2) is 47.0 Å². The number of aromatic nitrogens is 2. The Bertz CT molecular complexity index is 873. The summed E-state index contributed by atoms with van der Waals surface area (Å²) in [6, 6.07) is 7.65. The largest absolute Gasteiger partial charge is 0.483 e. The summed E-state index contributed by atoms with van der Waals surface area (Å²) in [6.07, 6.45) is 1.69. The molecule has 0 aliphatic rings. The molecule has 0 saturated heterocycles. The molecule has 1 N–H and O–H groups in total. The van der Waals surface area contributed by atoms with Gasteiger partial charge in [-0.2, -0.15) is 5.10 Å². The highest BCUT2D eigenvalue weighted by Crippen LogP contribution is 2.20. The maximum absolute atomic E-state index is 13.5. The molecule has 0 aliphatic carbocycles. The smallest absolute Gasteiger partial charge is 0.292 e. The number of furan rings is 1. The summed E-state index contributed by atoms with van der Waals surface area (Å²) in [7, 11) is 1.73. The van der Waals surface area contributed by atoms with Crippen molar-refractivity contribution in [2.24, 2.45) is 7.05 Å². The summed E-state index contributed by atoms with van der Waals surface area (Å²) in [5.74, 6) is -1.28. The van der Waals surface area contributed by atoms with Crippen molar-refractivity contribution in [2.75, 3.05) is 5.32 Å². The normalized spacial score (nSPS) is 10.6. The summed E-state index contributed by atoms with van der Waals surface area (Å²) in [5.41, 5.74) is 0. The fourth-order valence-electron chi connectivity index (χ4n) is 1.98. The number of hydrogen-bond acceptors (Lipinski definition) is 4. The number of aryl methyl sites for hydroxylation is 1. The molecule has 0 aliphatic heterocycles. The molecule has 0 unspecified atom stereocenters. The summed E-state index contributed by atoms with van der Waals surface area (Å²) in [6.45, 7) is -0.0978. The number of amides is 1. The molecular weight excluding hydrogens is 320 g/mol. The van der Waals surface area contributed by atoms with Crippen LogP contribution in [0.25, 0.3) is 0 Å². The van der Waals surface area contributed by atoms with Gasteiger partial charge >= 0.3 is 0 Å². The van der Waals surface area contributed by atoms with E-state index in [-0.39, 0.29) is 18.1 Å². The number of benzene rings is 1. The number of nitrogens with zero attached hydrogens (tertiary/aromatic N) is 2. The van der Waals surface area contributed by atoms with Crippen molar-refractivity contribution in [1.82, 2.24) is 9.78 Å². The predicted molar refractivity (Wildman–Crippen MR) is 80.6 cm³/mol. The maximum Gasteiger partial charge on any atom is 0.292 e. The molecule has 0 spiro atoms. The molecule has 8 heteroatoms. The molecule has 1 aromatic carbocycles. The van der Waals surface area contributed by atoms with E-state index in [0.717, 1.165) is 12.1 Å². The van der Waals surface area contributed by atoms with E-state index in [9.17, 15) is 13.6 Å². The van der Waals surface area contributed by atoms with Crippen LogP contribution in [0, 0.1) is 11.6 Å². The van der Waals surface area contributed by atoms with Gasteiger partial charge in [-0.05, 0) is 24.3 Å². The molecule has 24 heavy (non-hydrogen) atoms. The van der Waals surface area contributed by atoms with Crippen molar-refractivity contribution >= 4 is 11.7 Å². The highest BCUT2D eigenvalue weighted by Gasteiger charge is 2.13. The van der Waals surface area contributed by atoms with Crippen LogP contribution in [0.1, 0.15) is 16.3 Å². The third-order valence-electron chi connectivity index (χ3n) is 3.10. The van der Waals surface area contributed by atoms with Crippen LogP contribution in [0.2, 0.25) is 0 Å². The number of hydrogen-bond donors (Lipinski definition) is 1. The van der Waals surface area contributed by atoms with Gasteiger partial charge in [0.05, 0.1) is 0 Å². The summed E-state index contributed by atoms with van der Waals surface area (Å²) in [4.78, 5) is 12.0. The summed E-state index contributed by atoms with van der Waals surface area (Å²) < 4.78 is 38.4. The van der Waals surface area contributed by atoms with Gasteiger partial charge < -0.3 is 14.5 Å². The zero-order valence-electron chi connectivity index (χ0n) is 12.6. The number of ether oxygens (including phenoxy) is 1. The van der Waals surface area contributed by atoms with Gasteiger partial charge in [-0.15, -0.1) is 0 Å². The Labute approximate surface area is 135 Å². The summed E-state index contributed by atoms with van der Waals surface area (Å²) >= 11 is 0. The monoisotopic (exact) mass is 333 g/mol. The fourth-order valence-corrected chi connectivity index (χ4v) is 1.98. The number of nitrogens with one attached hydrogen (secondary N) is 1. The van der Waals surface area contributed by atoms with Gasteiger partial charge in [-0.25, -0.2) is 8.78 Å². The molecule has 6 nitrogen and oxygen atoms in total. The average molecular weight is 333 g/mol. The van der Waals surface area contributed by atoms with E-state index < -0.39 is 17.5 Å². The van der Waals surface area contributed by atoms with E-state index in [2.05, 4.69) is 10.4 Å². The Morgan fingerprint density at radius 2 is 2.12 bits per heavy atom. The fraction of sp³-hybridized carbons (Fsp3) is 0.125. The molecule has 0 bridgehead atoms. The molecule has 3 rings (SSSR count). The molecule has 0 fully saturated rings. The minimum atomic E-state index is -0.810. The molecule has 0 saturated carbocycles. The minimum Gasteiger partial charge on any atom is -0.483 e. The van der Waals surface area contributed by atoms with Crippen molar-refractivity contribution < 1.29 is 22.7 Å². The van der Waals surface area contributed by atoms with Crippen molar-refractivity contribution in [1.29, 1.82) is 0 Å². The van der Waals surface area contributed by atoms with Crippen LogP contribution < -0.4 is 10.1 Å². The lowest BCUT2D eigenvalue weighted by molar-refractivity contribution is 0.0992. The first-order valence-electron chi connectivity index (χ1n) is 6.99. The Balaban J connectivity index is 1.61. The second kappa shape index (κ2) is 6.53. The molecule has 124 valence electrons. The molecule has 2 aromatic heterocycles. The Kier molecular flexibility index (Phi) is 4.28. The second-order valence-corrected chi connectivity index (χ2v) is 4.96. The first-order valence-corrected chi connectivity index (χ1v) is 6.99. The van der Waals surface area contributed by atoms with E-state index in [4.69, 9.17) is 9.15 Å². The first-order chi connectivity index (χ1) is 11.5. The number of rotatable bonds is 5. The van der Waals surface area contributed by atoms with Crippen molar-refractivity contribution in [3.63, 3.8) is 0 Å². The quantitative estimate of drug-likeness (QED) is 0.779. The van der Waals surface area contributed by atoms with E-state index in [1.54, 1.807) is 24.0 Å². The van der Waals surface area contributed by atoms with Gasteiger partial charge in [0.2, 0.25) is 0 Å². The van der Waals surface area contributed by atoms with Gasteiger partial charge in [0, 0.05) is 25.4 Å². The molecule has 0 radical (unpaired) electrons. The number of anilines is 1. The highest BCUT2D eigenvalue weighted by atomic mass is 19.1. The Hall–Kier alpha value is -3.16. The van der Waals surface area contributed by atoms with Gasteiger partial charge in [0.1, 0.15) is 18.2 Å².